The van der Waals surface area contributed by atoms with Crippen molar-refractivity contribution in [1.29, 1.82) is 0 Å². The molecule has 0 unspecified atom stereocenters. The fourth-order valence-corrected chi connectivity index (χ4v) is 6.37. The zero-order valence-corrected chi connectivity index (χ0v) is 20.4. The first-order valence-electron chi connectivity index (χ1n) is 11.4. The van der Waals surface area contributed by atoms with Gasteiger partial charge in [0.2, 0.25) is 15.9 Å². The van der Waals surface area contributed by atoms with E-state index in [1.807, 2.05) is 30.3 Å². The molecule has 0 saturated carbocycles. The molecule has 2 aliphatic heterocycles. The molecule has 0 bridgehead atoms. The molecule has 1 fully saturated rings. The van der Waals surface area contributed by atoms with E-state index in [9.17, 15) is 18.0 Å². The van der Waals surface area contributed by atoms with Gasteiger partial charge >= 0.3 is 0 Å². The number of nitrogens with one attached hydrogen (secondary N) is 1. The molecule has 5 rings (SSSR count). The first kappa shape index (κ1) is 23.5. The third kappa shape index (κ3) is 4.57. The van der Waals surface area contributed by atoms with Gasteiger partial charge in [-0.05, 0) is 60.9 Å². The molecule has 0 spiro atoms. The molecule has 1 saturated heterocycles. The lowest BCUT2D eigenvalue weighted by molar-refractivity contribution is -0.117. The van der Waals surface area contributed by atoms with Crippen LogP contribution in [0.25, 0.3) is 0 Å². The average Bonchev–Trinajstić information content (AvgIpc) is 3.37. The fourth-order valence-electron chi connectivity index (χ4n) is 4.67. The predicted octanol–water partition coefficient (Wildman–Crippen LogP) is 4.31. The van der Waals surface area contributed by atoms with Gasteiger partial charge in [0, 0.05) is 34.9 Å². The van der Waals surface area contributed by atoms with Crippen LogP contribution in [0.4, 0.5) is 5.69 Å². The van der Waals surface area contributed by atoms with Gasteiger partial charge in [-0.2, -0.15) is 4.31 Å². The average molecular weight is 510 g/mol. The molecule has 2 aliphatic rings. The van der Waals surface area contributed by atoms with Gasteiger partial charge in [-0.25, -0.2) is 8.42 Å². The summed E-state index contributed by atoms with van der Waals surface area (Å²) in [7, 11) is -3.59. The van der Waals surface area contributed by atoms with Crippen molar-refractivity contribution < 1.29 is 18.0 Å². The van der Waals surface area contributed by atoms with E-state index in [-0.39, 0.29) is 23.3 Å². The number of benzene rings is 3. The van der Waals surface area contributed by atoms with Gasteiger partial charge in [-0.1, -0.05) is 41.9 Å². The maximum absolute atomic E-state index is 13.7. The summed E-state index contributed by atoms with van der Waals surface area (Å²) in [4.78, 5) is 28.2. The highest BCUT2D eigenvalue weighted by Gasteiger charge is 2.34. The predicted molar refractivity (Wildman–Crippen MR) is 134 cm³/mol. The number of carbonyl (C=O) groups excluding carboxylic acids is 2. The third-order valence-corrected chi connectivity index (χ3v) is 8.54. The van der Waals surface area contributed by atoms with E-state index in [2.05, 4.69) is 5.32 Å². The van der Waals surface area contributed by atoms with E-state index in [1.54, 1.807) is 18.2 Å². The maximum Gasteiger partial charge on any atom is 0.255 e. The molecule has 7 nitrogen and oxygen atoms in total. The van der Waals surface area contributed by atoms with Crippen molar-refractivity contribution >= 4 is 39.1 Å². The van der Waals surface area contributed by atoms with E-state index >= 15 is 0 Å². The van der Waals surface area contributed by atoms with E-state index < -0.39 is 16.1 Å². The molecule has 35 heavy (non-hydrogen) atoms. The summed E-state index contributed by atoms with van der Waals surface area (Å²) in [5.74, 6) is -0.708. The van der Waals surface area contributed by atoms with E-state index in [1.165, 1.54) is 33.5 Å². The Morgan fingerprint density at radius 2 is 1.63 bits per heavy atom. The number of hydrogen-bond acceptors (Lipinski definition) is 4. The van der Waals surface area contributed by atoms with Crippen LogP contribution in [0.2, 0.25) is 5.02 Å². The number of anilines is 1. The van der Waals surface area contributed by atoms with Crippen LogP contribution < -0.4 is 5.32 Å². The second-order valence-corrected chi connectivity index (χ2v) is 11.0. The lowest BCUT2D eigenvalue weighted by Gasteiger charge is -2.31. The molecule has 3 aromatic carbocycles. The molecule has 9 heteroatoms. The summed E-state index contributed by atoms with van der Waals surface area (Å²) < 4.78 is 27.2. The lowest BCUT2D eigenvalue weighted by atomic mass is 9.95. The summed E-state index contributed by atoms with van der Waals surface area (Å²) in [5.41, 5.74) is 2.42. The van der Waals surface area contributed by atoms with E-state index in [0.29, 0.717) is 34.9 Å². The van der Waals surface area contributed by atoms with E-state index in [0.717, 1.165) is 18.4 Å². The monoisotopic (exact) mass is 509 g/mol. The zero-order valence-electron chi connectivity index (χ0n) is 18.9. The summed E-state index contributed by atoms with van der Waals surface area (Å²) in [6.45, 7) is 0.845. The van der Waals surface area contributed by atoms with Gasteiger partial charge in [0.05, 0.1) is 10.9 Å². The van der Waals surface area contributed by atoms with Crippen molar-refractivity contribution in [3.05, 3.63) is 94.5 Å². The highest BCUT2D eigenvalue weighted by Crippen LogP contribution is 2.38. The molecule has 2 amide bonds. The minimum absolute atomic E-state index is 0.154. The summed E-state index contributed by atoms with van der Waals surface area (Å²) in [6.07, 6.45) is 1.69. The van der Waals surface area contributed by atoms with Crippen molar-refractivity contribution in [2.24, 2.45) is 0 Å². The van der Waals surface area contributed by atoms with Gasteiger partial charge in [0.1, 0.15) is 6.54 Å². The number of sulfonamides is 1. The van der Waals surface area contributed by atoms with Gasteiger partial charge in [0.15, 0.2) is 0 Å². The first-order chi connectivity index (χ1) is 16.8. The van der Waals surface area contributed by atoms with Crippen LogP contribution in [0.3, 0.4) is 0 Å². The molecule has 1 atom stereocenters. The second-order valence-electron chi connectivity index (χ2n) is 8.66. The Balaban J connectivity index is 1.54. The van der Waals surface area contributed by atoms with Crippen LogP contribution in [-0.2, 0) is 14.8 Å². The summed E-state index contributed by atoms with van der Waals surface area (Å²) in [5, 5.41) is 3.36. The minimum Gasteiger partial charge on any atom is -0.324 e. The molecule has 0 aromatic heterocycles. The van der Waals surface area contributed by atoms with Gasteiger partial charge in [-0.3, -0.25) is 9.59 Å². The van der Waals surface area contributed by atoms with Crippen LogP contribution in [-0.4, -0.2) is 49.1 Å². The number of amides is 2. The Morgan fingerprint density at radius 3 is 2.31 bits per heavy atom. The Hall–Kier alpha value is -3.20. The number of halogens is 1. The van der Waals surface area contributed by atoms with Gasteiger partial charge in [0.25, 0.3) is 5.91 Å². The number of nitrogens with zero attached hydrogens (tertiary/aromatic N) is 2. The van der Waals surface area contributed by atoms with Crippen LogP contribution in [0.5, 0.6) is 0 Å². The smallest absolute Gasteiger partial charge is 0.255 e. The maximum atomic E-state index is 13.7. The normalized spacial score (nSPS) is 18.6. The van der Waals surface area contributed by atoms with Crippen molar-refractivity contribution in [1.82, 2.24) is 9.21 Å². The Kier molecular flexibility index (Phi) is 6.35. The van der Waals surface area contributed by atoms with Crippen molar-refractivity contribution in [3.63, 3.8) is 0 Å². The van der Waals surface area contributed by atoms with Crippen LogP contribution >= 0.6 is 11.6 Å². The van der Waals surface area contributed by atoms with Crippen molar-refractivity contribution in [3.8, 4) is 0 Å². The second kappa shape index (κ2) is 9.45. The van der Waals surface area contributed by atoms with Crippen LogP contribution in [0, 0.1) is 0 Å². The standard InChI is InChI=1S/C26H24ClN3O4S/c27-20-10-13-23-22(16-20)25(18-6-2-1-3-7-18)30(17-24(31)28-23)26(32)19-8-11-21(12-9-19)35(33,34)29-14-4-5-15-29/h1-3,6-13,16,25H,4-5,14-15,17H2,(H,28,31)/t25-/m0/s1. The fraction of sp³-hybridized carbons (Fsp3) is 0.231. The molecule has 0 aliphatic carbocycles. The van der Waals surface area contributed by atoms with E-state index in [4.69, 9.17) is 11.6 Å². The number of hydrogen-bond donors (Lipinski definition) is 1. The van der Waals surface area contributed by atoms with Crippen LogP contribution in [0.1, 0.15) is 40.4 Å². The third-order valence-electron chi connectivity index (χ3n) is 6.39. The number of carbonyl (C=O) groups is 2. The zero-order chi connectivity index (χ0) is 24.6. The topological polar surface area (TPSA) is 86.8 Å². The Labute approximate surface area is 209 Å². The number of rotatable bonds is 4. The Bertz CT molecular complexity index is 1370. The molecule has 0 radical (unpaired) electrons. The lowest BCUT2D eigenvalue weighted by Crippen LogP contribution is -2.39. The highest BCUT2D eigenvalue weighted by molar-refractivity contribution is 7.89. The summed E-state index contributed by atoms with van der Waals surface area (Å²) in [6, 6.07) is 20.0. The summed E-state index contributed by atoms with van der Waals surface area (Å²) >= 11 is 6.30. The molecule has 1 N–H and O–H groups in total. The van der Waals surface area contributed by atoms with Crippen molar-refractivity contribution in [2.75, 3.05) is 25.0 Å². The molecule has 180 valence electrons. The minimum atomic E-state index is -3.59. The SMILES string of the molecule is O=C1CN(C(=O)c2ccc(S(=O)(=O)N3CCCC3)cc2)[C@@H](c2ccccc2)c2cc(Cl)ccc2N1. The number of fused-ring (bicyclic) bond motifs is 1. The van der Waals surface area contributed by atoms with Gasteiger partial charge in [-0.15, -0.1) is 0 Å². The van der Waals surface area contributed by atoms with Gasteiger partial charge < -0.3 is 10.2 Å². The van der Waals surface area contributed by atoms with Crippen LogP contribution in [0.15, 0.2) is 77.7 Å². The first-order valence-corrected chi connectivity index (χ1v) is 13.2. The molecule has 2 heterocycles. The van der Waals surface area contributed by atoms with Crippen molar-refractivity contribution in [2.45, 2.75) is 23.8 Å². The molecular formula is C26H24ClN3O4S. The largest absolute Gasteiger partial charge is 0.324 e. The molecule has 3 aromatic rings. The molecular weight excluding hydrogens is 486 g/mol. The quantitative estimate of drug-likeness (QED) is 0.568. The highest BCUT2D eigenvalue weighted by atomic mass is 35.5. The Morgan fingerprint density at radius 1 is 0.943 bits per heavy atom.